The molecule has 1 unspecified atom stereocenters. The fourth-order valence-electron chi connectivity index (χ4n) is 1.84. The number of rotatable bonds is 9. The average molecular weight is 276 g/mol. The number of nitrogens with zero attached hydrogens (tertiary/aromatic N) is 1. The highest BCUT2D eigenvalue weighted by atomic mass is 16.5. The van der Waals surface area contributed by atoms with Crippen LogP contribution in [0.3, 0.4) is 0 Å². The van der Waals surface area contributed by atoms with Gasteiger partial charge >= 0.3 is 0 Å². The second-order valence-corrected chi connectivity index (χ2v) is 4.88. The molecule has 4 nitrogen and oxygen atoms in total. The Labute approximate surface area is 121 Å². The number of ether oxygens (including phenoxy) is 2. The molecule has 0 fully saturated rings. The first-order valence-corrected chi connectivity index (χ1v) is 7.10. The Morgan fingerprint density at radius 3 is 2.40 bits per heavy atom. The number of hydrogen-bond donors (Lipinski definition) is 1. The standard InChI is InChI=1S/C16H24N2O2/c1-4-19-14-9-5-6-10-15(14)20-12-8-7-11-16(2,13-17)18-3/h5-6,9-10,18H,4,7-8,11-12H2,1-3H3. The molecule has 110 valence electrons. The number of benzene rings is 1. The van der Waals surface area contributed by atoms with Gasteiger partial charge in [-0.05, 0) is 52.3 Å². The van der Waals surface area contributed by atoms with Crippen molar-refractivity contribution >= 4 is 0 Å². The van der Waals surface area contributed by atoms with Crippen LogP contribution in [0.15, 0.2) is 24.3 Å². The van der Waals surface area contributed by atoms with E-state index in [4.69, 9.17) is 14.7 Å². The molecule has 1 atom stereocenters. The lowest BCUT2D eigenvalue weighted by atomic mass is 9.97. The van der Waals surface area contributed by atoms with Crippen LogP contribution in [0, 0.1) is 11.3 Å². The average Bonchev–Trinajstić information content (AvgIpc) is 2.48. The Hall–Kier alpha value is -1.73. The summed E-state index contributed by atoms with van der Waals surface area (Å²) < 4.78 is 11.2. The predicted octanol–water partition coefficient (Wildman–Crippen LogP) is 3.14. The van der Waals surface area contributed by atoms with Gasteiger partial charge in [0.25, 0.3) is 0 Å². The second kappa shape index (κ2) is 8.44. The summed E-state index contributed by atoms with van der Waals surface area (Å²) in [5.74, 6) is 1.57. The Balaban J connectivity index is 2.33. The monoisotopic (exact) mass is 276 g/mol. The third-order valence-electron chi connectivity index (χ3n) is 3.28. The van der Waals surface area contributed by atoms with Crippen molar-refractivity contribution in [2.75, 3.05) is 20.3 Å². The normalized spacial score (nSPS) is 13.3. The summed E-state index contributed by atoms with van der Waals surface area (Å²) in [6.45, 7) is 5.13. The maximum Gasteiger partial charge on any atom is 0.161 e. The van der Waals surface area contributed by atoms with Crippen LogP contribution < -0.4 is 14.8 Å². The lowest BCUT2D eigenvalue weighted by Gasteiger charge is -2.20. The minimum atomic E-state index is -0.441. The molecular weight excluding hydrogens is 252 g/mol. The fourth-order valence-corrected chi connectivity index (χ4v) is 1.84. The summed E-state index contributed by atoms with van der Waals surface area (Å²) in [4.78, 5) is 0. The molecule has 0 amide bonds. The second-order valence-electron chi connectivity index (χ2n) is 4.88. The maximum absolute atomic E-state index is 9.05. The highest BCUT2D eigenvalue weighted by Gasteiger charge is 2.19. The summed E-state index contributed by atoms with van der Waals surface area (Å²) in [7, 11) is 1.82. The van der Waals surface area contributed by atoms with Crippen LogP contribution in [0.5, 0.6) is 11.5 Å². The highest BCUT2D eigenvalue weighted by Crippen LogP contribution is 2.26. The Bertz CT molecular complexity index is 442. The van der Waals surface area contributed by atoms with Gasteiger partial charge in [0, 0.05) is 0 Å². The van der Waals surface area contributed by atoms with E-state index in [1.165, 1.54) is 0 Å². The molecule has 1 N–H and O–H groups in total. The van der Waals surface area contributed by atoms with Gasteiger partial charge in [0.2, 0.25) is 0 Å². The quantitative estimate of drug-likeness (QED) is 0.704. The van der Waals surface area contributed by atoms with Gasteiger partial charge in [0.15, 0.2) is 11.5 Å². The first-order valence-electron chi connectivity index (χ1n) is 7.10. The van der Waals surface area contributed by atoms with E-state index < -0.39 is 5.54 Å². The molecule has 0 aliphatic rings. The van der Waals surface area contributed by atoms with Gasteiger partial charge < -0.3 is 14.8 Å². The maximum atomic E-state index is 9.05. The van der Waals surface area contributed by atoms with E-state index in [9.17, 15) is 0 Å². The first kappa shape index (κ1) is 16.3. The van der Waals surface area contributed by atoms with Crippen molar-refractivity contribution in [2.24, 2.45) is 0 Å². The molecule has 0 heterocycles. The Morgan fingerprint density at radius 1 is 1.20 bits per heavy atom. The summed E-state index contributed by atoms with van der Waals surface area (Å²) in [5, 5.41) is 12.1. The molecule has 0 radical (unpaired) electrons. The van der Waals surface area contributed by atoms with Gasteiger partial charge in [-0.1, -0.05) is 12.1 Å². The molecule has 0 aromatic heterocycles. The predicted molar refractivity (Wildman–Crippen MR) is 80.0 cm³/mol. The molecule has 0 saturated heterocycles. The van der Waals surface area contributed by atoms with E-state index in [1.807, 2.05) is 45.2 Å². The van der Waals surface area contributed by atoms with Crippen LogP contribution in [0.25, 0.3) is 0 Å². The molecule has 0 aliphatic carbocycles. The fraction of sp³-hybridized carbons (Fsp3) is 0.562. The molecule has 1 aromatic rings. The summed E-state index contributed by atoms with van der Waals surface area (Å²) in [6, 6.07) is 9.98. The molecule has 4 heteroatoms. The smallest absolute Gasteiger partial charge is 0.161 e. The number of nitrogens with one attached hydrogen (secondary N) is 1. The van der Waals surface area contributed by atoms with Crippen LogP contribution in [0.2, 0.25) is 0 Å². The van der Waals surface area contributed by atoms with E-state index in [0.717, 1.165) is 30.8 Å². The van der Waals surface area contributed by atoms with Crippen LogP contribution >= 0.6 is 0 Å². The SMILES string of the molecule is CCOc1ccccc1OCCCCC(C)(C#N)NC. The van der Waals surface area contributed by atoms with Crippen LogP contribution in [0.1, 0.15) is 33.1 Å². The minimum absolute atomic E-state index is 0.441. The van der Waals surface area contributed by atoms with Crippen molar-refractivity contribution in [3.05, 3.63) is 24.3 Å². The van der Waals surface area contributed by atoms with Gasteiger partial charge in [-0.2, -0.15) is 5.26 Å². The topological polar surface area (TPSA) is 54.3 Å². The van der Waals surface area contributed by atoms with Gasteiger partial charge in [0.1, 0.15) is 5.54 Å². The number of unbranched alkanes of at least 4 members (excludes halogenated alkanes) is 1. The van der Waals surface area contributed by atoms with Gasteiger partial charge in [0.05, 0.1) is 19.3 Å². The molecule has 1 rings (SSSR count). The van der Waals surface area contributed by atoms with Crippen molar-refractivity contribution in [3.63, 3.8) is 0 Å². The highest BCUT2D eigenvalue weighted by molar-refractivity contribution is 5.39. The Kier molecular flexibility index (Phi) is 6.89. The van der Waals surface area contributed by atoms with E-state index >= 15 is 0 Å². The molecule has 0 spiro atoms. The van der Waals surface area contributed by atoms with Gasteiger partial charge in [-0.15, -0.1) is 0 Å². The van der Waals surface area contributed by atoms with E-state index in [1.54, 1.807) is 0 Å². The van der Waals surface area contributed by atoms with Crippen molar-refractivity contribution in [3.8, 4) is 17.6 Å². The van der Waals surface area contributed by atoms with Crippen molar-refractivity contribution in [1.29, 1.82) is 5.26 Å². The van der Waals surface area contributed by atoms with E-state index in [0.29, 0.717) is 13.2 Å². The van der Waals surface area contributed by atoms with E-state index in [2.05, 4.69) is 11.4 Å². The first-order chi connectivity index (χ1) is 9.65. The van der Waals surface area contributed by atoms with Crippen LogP contribution in [-0.2, 0) is 0 Å². The third-order valence-corrected chi connectivity index (χ3v) is 3.28. The lowest BCUT2D eigenvalue weighted by molar-refractivity contribution is 0.267. The van der Waals surface area contributed by atoms with Crippen LogP contribution in [-0.4, -0.2) is 25.8 Å². The van der Waals surface area contributed by atoms with Crippen molar-refractivity contribution in [1.82, 2.24) is 5.32 Å². The molecule has 20 heavy (non-hydrogen) atoms. The van der Waals surface area contributed by atoms with E-state index in [-0.39, 0.29) is 0 Å². The third kappa shape index (κ3) is 5.10. The molecule has 0 aliphatic heterocycles. The molecule has 1 aromatic carbocycles. The summed E-state index contributed by atoms with van der Waals surface area (Å²) in [5.41, 5.74) is -0.441. The molecular formula is C16H24N2O2. The zero-order chi connectivity index (χ0) is 14.8. The lowest BCUT2D eigenvalue weighted by Crippen LogP contribution is -2.37. The number of para-hydroxylation sites is 2. The van der Waals surface area contributed by atoms with Crippen molar-refractivity contribution in [2.45, 2.75) is 38.6 Å². The largest absolute Gasteiger partial charge is 0.490 e. The minimum Gasteiger partial charge on any atom is -0.490 e. The van der Waals surface area contributed by atoms with Gasteiger partial charge in [-0.3, -0.25) is 0 Å². The van der Waals surface area contributed by atoms with Crippen molar-refractivity contribution < 1.29 is 9.47 Å². The molecule has 0 bridgehead atoms. The number of nitriles is 1. The summed E-state index contributed by atoms with van der Waals surface area (Å²) >= 11 is 0. The number of hydrogen-bond acceptors (Lipinski definition) is 4. The van der Waals surface area contributed by atoms with Crippen LogP contribution in [0.4, 0.5) is 0 Å². The zero-order valence-electron chi connectivity index (χ0n) is 12.6. The molecule has 0 saturated carbocycles. The summed E-state index contributed by atoms with van der Waals surface area (Å²) in [6.07, 6.45) is 2.68. The Morgan fingerprint density at radius 2 is 1.85 bits per heavy atom. The van der Waals surface area contributed by atoms with Gasteiger partial charge in [-0.25, -0.2) is 0 Å². The zero-order valence-corrected chi connectivity index (χ0v) is 12.6.